The number of fused-ring (bicyclic) bond motifs is 1. The van der Waals surface area contributed by atoms with Crippen molar-refractivity contribution in [3.8, 4) is 0 Å². The van der Waals surface area contributed by atoms with Gasteiger partial charge in [-0.3, -0.25) is 14.8 Å². The van der Waals surface area contributed by atoms with Gasteiger partial charge in [-0.25, -0.2) is 5.01 Å². The largest absolute Gasteiger partial charge is 0.273 e. The maximum atomic E-state index is 12.1. The standard InChI is InChI=1S/C19H15BrN4O/c1-12(25)24-19(11-17(23-24)13-2-5-15(20)6-3-13)14-4-7-16-18(10-14)22-9-8-21-16/h2-10,19H,11H2,1H3/t19-/m1/s1. The molecule has 0 aliphatic carbocycles. The van der Waals surface area contributed by atoms with Gasteiger partial charge in [0, 0.05) is 30.2 Å². The lowest BCUT2D eigenvalue weighted by Gasteiger charge is -2.20. The lowest BCUT2D eigenvalue weighted by atomic mass is 9.98. The molecule has 1 aliphatic rings. The van der Waals surface area contributed by atoms with Gasteiger partial charge in [-0.15, -0.1) is 0 Å². The number of hydrogen-bond acceptors (Lipinski definition) is 4. The molecule has 4 rings (SSSR count). The Labute approximate surface area is 153 Å². The summed E-state index contributed by atoms with van der Waals surface area (Å²) in [5, 5.41) is 6.14. The van der Waals surface area contributed by atoms with Gasteiger partial charge in [-0.1, -0.05) is 34.1 Å². The van der Waals surface area contributed by atoms with Crippen LogP contribution in [0.5, 0.6) is 0 Å². The van der Waals surface area contributed by atoms with Crippen molar-refractivity contribution in [1.29, 1.82) is 0 Å². The normalized spacial score (nSPS) is 17.0. The van der Waals surface area contributed by atoms with Gasteiger partial charge in [0.2, 0.25) is 5.91 Å². The second-order valence-corrected chi connectivity index (χ2v) is 6.86. The molecule has 2 heterocycles. The molecular weight excluding hydrogens is 380 g/mol. The van der Waals surface area contributed by atoms with E-state index in [2.05, 4.69) is 31.0 Å². The van der Waals surface area contributed by atoms with Crippen molar-refractivity contribution in [2.24, 2.45) is 5.10 Å². The maximum Gasteiger partial charge on any atom is 0.240 e. The van der Waals surface area contributed by atoms with E-state index in [4.69, 9.17) is 0 Å². The average Bonchev–Trinajstić information content (AvgIpc) is 3.07. The number of hydrazone groups is 1. The highest BCUT2D eigenvalue weighted by atomic mass is 79.9. The third-order valence-electron chi connectivity index (χ3n) is 4.29. The number of nitrogens with zero attached hydrogens (tertiary/aromatic N) is 4. The first-order chi connectivity index (χ1) is 12.1. The summed E-state index contributed by atoms with van der Waals surface area (Å²) in [4.78, 5) is 20.8. The van der Waals surface area contributed by atoms with E-state index in [0.717, 1.165) is 32.3 Å². The van der Waals surface area contributed by atoms with Crippen LogP contribution >= 0.6 is 15.9 Å². The molecule has 124 valence electrons. The van der Waals surface area contributed by atoms with Crippen LogP contribution in [0.25, 0.3) is 11.0 Å². The molecular formula is C19H15BrN4O. The van der Waals surface area contributed by atoms with Crippen LogP contribution in [0, 0.1) is 0 Å². The van der Waals surface area contributed by atoms with Gasteiger partial charge >= 0.3 is 0 Å². The molecule has 5 nitrogen and oxygen atoms in total. The summed E-state index contributed by atoms with van der Waals surface area (Å²) in [5.41, 5.74) is 4.61. The molecule has 0 saturated carbocycles. The summed E-state index contributed by atoms with van der Waals surface area (Å²) >= 11 is 3.44. The number of amides is 1. The predicted octanol–water partition coefficient (Wildman–Crippen LogP) is 4.09. The van der Waals surface area contributed by atoms with E-state index in [1.165, 1.54) is 0 Å². The Balaban J connectivity index is 1.71. The third-order valence-corrected chi connectivity index (χ3v) is 4.82. The molecule has 1 aliphatic heterocycles. The quantitative estimate of drug-likeness (QED) is 0.657. The Bertz CT molecular complexity index is 984. The fraction of sp³-hybridized carbons (Fsp3) is 0.158. The number of hydrogen-bond donors (Lipinski definition) is 0. The summed E-state index contributed by atoms with van der Waals surface area (Å²) < 4.78 is 1.02. The third kappa shape index (κ3) is 3.05. The molecule has 25 heavy (non-hydrogen) atoms. The zero-order chi connectivity index (χ0) is 17.4. The second-order valence-electron chi connectivity index (χ2n) is 5.94. The van der Waals surface area contributed by atoms with Crippen molar-refractivity contribution in [1.82, 2.24) is 15.0 Å². The van der Waals surface area contributed by atoms with Gasteiger partial charge in [-0.2, -0.15) is 5.10 Å². The Kier molecular flexibility index (Phi) is 4.05. The lowest BCUT2D eigenvalue weighted by molar-refractivity contribution is -0.130. The molecule has 0 bridgehead atoms. The molecule has 2 aromatic carbocycles. The van der Waals surface area contributed by atoms with E-state index < -0.39 is 0 Å². The van der Waals surface area contributed by atoms with Crippen LogP contribution in [0.15, 0.2) is 64.4 Å². The number of rotatable bonds is 2. The van der Waals surface area contributed by atoms with Crippen LogP contribution in [-0.4, -0.2) is 26.6 Å². The Hall–Kier alpha value is -2.60. The summed E-state index contributed by atoms with van der Waals surface area (Å²) in [5.74, 6) is -0.0728. The summed E-state index contributed by atoms with van der Waals surface area (Å²) in [6.07, 6.45) is 4.02. The summed E-state index contributed by atoms with van der Waals surface area (Å²) in [7, 11) is 0. The smallest absolute Gasteiger partial charge is 0.240 e. The zero-order valence-corrected chi connectivity index (χ0v) is 15.1. The summed E-state index contributed by atoms with van der Waals surface area (Å²) in [6, 6.07) is 13.8. The molecule has 1 aromatic heterocycles. The van der Waals surface area contributed by atoms with Crippen molar-refractivity contribution in [3.05, 3.63) is 70.5 Å². The molecule has 1 amide bonds. The fourth-order valence-electron chi connectivity index (χ4n) is 3.06. The average molecular weight is 395 g/mol. The van der Waals surface area contributed by atoms with Crippen LogP contribution in [0.4, 0.5) is 0 Å². The number of halogens is 1. The van der Waals surface area contributed by atoms with Crippen LogP contribution in [0.3, 0.4) is 0 Å². The van der Waals surface area contributed by atoms with E-state index >= 15 is 0 Å². The maximum absolute atomic E-state index is 12.1. The van der Waals surface area contributed by atoms with Gasteiger partial charge in [0.15, 0.2) is 0 Å². The first-order valence-corrected chi connectivity index (χ1v) is 8.75. The molecule has 0 fully saturated rings. The molecule has 1 atom stereocenters. The predicted molar refractivity (Wildman–Crippen MR) is 100 cm³/mol. The Morgan fingerprint density at radius 3 is 2.52 bits per heavy atom. The first kappa shape index (κ1) is 15.9. The molecule has 0 spiro atoms. The lowest BCUT2D eigenvalue weighted by Crippen LogP contribution is -2.24. The monoisotopic (exact) mass is 394 g/mol. The fourth-order valence-corrected chi connectivity index (χ4v) is 3.33. The van der Waals surface area contributed by atoms with E-state index in [0.29, 0.717) is 6.42 Å². The highest BCUT2D eigenvalue weighted by Gasteiger charge is 2.31. The molecule has 0 saturated heterocycles. The number of aromatic nitrogens is 2. The van der Waals surface area contributed by atoms with Gasteiger partial charge in [0.1, 0.15) is 0 Å². The minimum atomic E-state index is -0.123. The number of carbonyl (C=O) groups excluding carboxylic acids is 1. The van der Waals surface area contributed by atoms with Crippen molar-refractivity contribution in [2.45, 2.75) is 19.4 Å². The van der Waals surface area contributed by atoms with E-state index in [1.54, 1.807) is 24.3 Å². The van der Waals surface area contributed by atoms with Crippen molar-refractivity contribution < 1.29 is 4.79 Å². The minimum Gasteiger partial charge on any atom is -0.273 e. The van der Waals surface area contributed by atoms with Gasteiger partial charge in [0.05, 0.1) is 22.8 Å². The second kappa shape index (κ2) is 6.37. The highest BCUT2D eigenvalue weighted by Crippen LogP contribution is 2.33. The molecule has 6 heteroatoms. The van der Waals surface area contributed by atoms with Crippen molar-refractivity contribution in [2.75, 3.05) is 0 Å². The van der Waals surface area contributed by atoms with Crippen molar-refractivity contribution in [3.63, 3.8) is 0 Å². The van der Waals surface area contributed by atoms with E-state index in [9.17, 15) is 4.79 Å². The first-order valence-electron chi connectivity index (χ1n) is 7.96. The summed E-state index contributed by atoms with van der Waals surface area (Å²) in [6.45, 7) is 1.54. The van der Waals surface area contributed by atoms with Crippen LogP contribution in [-0.2, 0) is 4.79 Å². The van der Waals surface area contributed by atoms with Gasteiger partial charge in [0.25, 0.3) is 0 Å². The van der Waals surface area contributed by atoms with Crippen LogP contribution < -0.4 is 0 Å². The highest BCUT2D eigenvalue weighted by molar-refractivity contribution is 9.10. The number of benzene rings is 2. The minimum absolute atomic E-state index is 0.0728. The van der Waals surface area contributed by atoms with Crippen LogP contribution in [0.1, 0.15) is 30.5 Å². The van der Waals surface area contributed by atoms with Gasteiger partial charge < -0.3 is 0 Å². The molecule has 0 unspecified atom stereocenters. The molecule has 0 N–H and O–H groups in total. The topological polar surface area (TPSA) is 58.5 Å². The SMILES string of the molecule is CC(=O)N1N=C(c2ccc(Br)cc2)C[C@@H]1c1ccc2nccnc2c1. The Morgan fingerprint density at radius 1 is 1.08 bits per heavy atom. The van der Waals surface area contributed by atoms with Crippen LogP contribution in [0.2, 0.25) is 0 Å². The van der Waals surface area contributed by atoms with Gasteiger partial charge in [-0.05, 0) is 35.4 Å². The van der Waals surface area contributed by atoms with E-state index in [-0.39, 0.29) is 11.9 Å². The zero-order valence-electron chi connectivity index (χ0n) is 13.6. The van der Waals surface area contributed by atoms with Crippen molar-refractivity contribution >= 4 is 38.6 Å². The molecule has 3 aromatic rings. The van der Waals surface area contributed by atoms with E-state index in [1.807, 2.05) is 42.5 Å². The number of carbonyl (C=O) groups is 1. The molecule has 0 radical (unpaired) electrons. The Morgan fingerprint density at radius 2 is 1.80 bits per heavy atom.